The molecular weight excluding hydrogens is 368 g/mol. The van der Waals surface area contributed by atoms with Gasteiger partial charge in [-0.3, -0.25) is 9.20 Å². The first-order valence-electron chi connectivity index (χ1n) is 8.71. The van der Waals surface area contributed by atoms with Crippen LogP contribution in [0.25, 0.3) is 22.3 Å². The third kappa shape index (κ3) is 3.56. The van der Waals surface area contributed by atoms with E-state index in [0.717, 1.165) is 21.8 Å². The summed E-state index contributed by atoms with van der Waals surface area (Å²) < 4.78 is 1.90. The maximum Gasteiger partial charge on any atom is 0.262 e. The Balaban J connectivity index is 1.68. The summed E-state index contributed by atoms with van der Waals surface area (Å²) >= 11 is 1.51. The summed E-state index contributed by atoms with van der Waals surface area (Å²) in [6, 6.07) is 21.4. The van der Waals surface area contributed by atoms with E-state index in [9.17, 15) is 10.1 Å². The molecule has 28 heavy (non-hydrogen) atoms. The predicted molar refractivity (Wildman–Crippen MR) is 110 cm³/mol. The van der Waals surface area contributed by atoms with Crippen molar-refractivity contribution in [1.29, 1.82) is 5.26 Å². The zero-order chi connectivity index (χ0) is 19.3. The highest BCUT2D eigenvalue weighted by Crippen LogP contribution is 2.28. The molecule has 0 radical (unpaired) electrons. The monoisotopic (exact) mass is 384 g/mol. The van der Waals surface area contributed by atoms with Crippen molar-refractivity contribution in [3.63, 3.8) is 0 Å². The number of aromatic nitrogens is 2. The van der Waals surface area contributed by atoms with Crippen molar-refractivity contribution in [2.24, 2.45) is 0 Å². The van der Waals surface area contributed by atoms with Gasteiger partial charge in [0.15, 0.2) is 4.96 Å². The van der Waals surface area contributed by atoms with E-state index in [-0.39, 0.29) is 5.57 Å². The molecule has 0 aliphatic rings. The van der Waals surface area contributed by atoms with E-state index in [0.29, 0.717) is 12.2 Å². The smallest absolute Gasteiger partial charge is 0.262 e. The molecule has 5 nitrogen and oxygen atoms in total. The summed E-state index contributed by atoms with van der Waals surface area (Å²) in [4.78, 5) is 18.1. The van der Waals surface area contributed by atoms with E-state index in [1.807, 2.05) is 82.7 Å². The molecule has 2 aromatic carbocycles. The average Bonchev–Trinajstić information content (AvgIpc) is 3.33. The molecule has 6 heteroatoms. The molecule has 0 fully saturated rings. The second-order valence-corrected chi connectivity index (χ2v) is 6.98. The molecule has 4 rings (SSSR count). The number of fused-ring (bicyclic) bond motifs is 1. The fourth-order valence-corrected chi connectivity index (χ4v) is 3.63. The van der Waals surface area contributed by atoms with Crippen molar-refractivity contribution >= 4 is 28.3 Å². The minimum absolute atomic E-state index is 0.0427. The van der Waals surface area contributed by atoms with Gasteiger partial charge in [0, 0.05) is 23.7 Å². The lowest BCUT2D eigenvalue weighted by Gasteiger charge is -2.05. The molecule has 0 unspecified atom stereocenters. The highest BCUT2D eigenvalue weighted by molar-refractivity contribution is 7.15. The Labute approximate surface area is 166 Å². The van der Waals surface area contributed by atoms with Gasteiger partial charge in [0.1, 0.15) is 11.6 Å². The van der Waals surface area contributed by atoms with Crippen LogP contribution in [0.2, 0.25) is 0 Å². The number of carbonyl (C=O) groups is 1. The molecule has 0 atom stereocenters. The zero-order valence-corrected chi connectivity index (χ0v) is 15.7. The van der Waals surface area contributed by atoms with Gasteiger partial charge in [-0.2, -0.15) is 5.26 Å². The van der Waals surface area contributed by atoms with Crippen LogP contribution in [0.3, 0.4) is 0 Å². The molecule has 0 spiro atoms. The summed E-state index contributed by atoms with van der Waals surface area (Å²) in [7, 11) is 0. The summed E-state index contributed by atoms with van der Waals surface area (Å²) in [5.41, 5.74) is 3.42. The van der Waals surface area contributed by atoms with E-state index in [1.54, 1.807) is 6.08 Å². The summed E-state index contributed by atoms with van der Waals surface area (Å²) in [5.74, 6) is -0.407. The molecule has 1 amide bonds. The van der Waals surface area contributed by atoms with Crippen molar-refractivity contribution in [2.75, 3.05) is 0 Å². The number of nitrogens with zero attached hydrogens (tertiary/aromatic N) is 3. The molecule has 0 saturated carbocycles. The predicted octanol–water partition coefficient (Wildman–Crippen LogP) is 4.29. The van der Waals surface area contributed by atoms with Crippen molar-refractivity contribution in [3.05, 3.63) is 89.1 Å². The average molecular weight is 384 g/mol. The van der Waals surface area contributed by atoms with Gasteiger partial charge in [-0.15, -0.1) is 11.3 Å². The Morgan fingerprint density at radius 1 is 1.14 bits per heavy atom. The molecule has 136 valence electrons. The van der Waals surface area contributed by atoms with E-state index in [4.69, 9.17) is 0 Å². The van der Waals surface area contributed by atoms with Crippen LogP contribution in [0.4, 0.5) is 0 Å². The first-order chi connectivity index (χ1) is 13.8. The minimum Gasteiger partial charge on any atom is -0.347 e. The van der Waals surface area contributed by atoms with Crippen LogP contribution in [0.15, 0.2) is 77.8 Å². The van der Waals surface area contributed by atoms with Gasteiger partial charge in [-0.05, 0) is 11.6 Å². The summed E-state index contributed by atoms with van der Waals surface area (Å²) in [6.07, 6.45) is 3.50. The fourth-order valence-electron chi connectivity index (χ4n) is 2.91. The Morgan fingerprint density at radius 3 is 2.57 bits per heavy atom. The largest absolute Gasteiger partial charge is 0.347 e. The normalized spacial score (nSPS) is 11.3. The fraction of sp³-hybridized carbons (Fsp3) is 0.0455. The molecule has 0 saturated heterocycles. The number of benzene rings is 2. The Bertz CT molecular complexity index is 1180. The Morgan fingerprint density at radius 2 is 1.86 bits per heavy atom. The third-order valence-electron chi connectivity index (χ3n) is 4.29. The number of amides is 1. The maximum atomic E-state index is 12.6. The van der Waals surface area contributed by atoms with Crippen molar-refractivity contribution < 1.29 is 4.79 Å². The molecule has 0 aliphatic carbocycles. The SMILES string of the molecule is N#C/C(=C\c1c(-c2ccccc2)nc2sccn12)C(=O)NCc1ccccc1. The highest BCUT2D eigenvalue weighted by Gasteiger charge is 2.16. The van der Waals surface area contributed by atoms with Crippen molar-refractivity contribution in [2.45, 2.75) is 6.54 Å². The summed E-state index contributed by atoms with van der Waals surface area (Å²) in [6.45, 7) is 0.366. The van der Waals surface area contributed by atoms with Gasteiger partial charge in [-0.1, -0.05) is 60.7 Å². The zero-order valence-electron chi connectivity index (χ0n) is 14.9. The van der Waals surface area contributed by atoms with Crippen LogP contribution in [-0.4, -0.2) is 15.3 Å². The van der Waals surface area contributed by atoms with Gasteiger partial charge in [-0.25, -0.2) is 4.98 Å². The number of hydrogen-bond acceptors (Lipinski definition) is 4. The number of carbonyl (C=O) groups excluding carboxylic acids is 1. The lowest BCUT2D eigenvalue weighted by atomic mass is 10.1. The first-order valence-corrected chi connectivity index (χ1v) is 9.59. The number of nitrogens with one attached hydrogen (secondary N) is 1. The maximum absolute atomic E-state index is 12.6. The van der Waals surface area contributed by atoms with Crippen LogP contribution in [0.5, 0.6) is 0 Å². The molecule has 1 N–H and O–H groups in total. The van der Waals surface area contributed by atoms with E-state index >= 15 is 0 Å². The van der Waals surface area contributed by atoms with Gasteiger partial charge in [0.25, 0.3) is 5.91 Å². The molecule has 0 aliphatic heterocycles. The van der Waals surface area contributed by atoms with Crippen LogP contribution in [-0.2, 0) is 11.3 Å². The second kappa shape index (κ2) is 7.91. The first kappa shape index (κ1) is 17.7. The van der Waals surface area contributed by atoms with E-state index in [1.165, 1.54) is 11.3 Å². The van der Waals surface area contributed by atoms with Gasteiger partial charge >= 0.3 is 0 Å². The number of rotatable bonds is 5. The second-order valence-electron chi connectivity index (χ2n) is 6.11. The quantitative estimate of drug-likeness (QED) is 0.412. The van der Waals surface area contributed by atoms with Gasteiger partial charge in [0.2, 0.25) is 0 Å². The molecular formula is C22H16N4OS. The number of thiazole rings is 1. The standard InChI is InChI=1S/C22H16N4OS/c23-14-18(21(27)24-15-16-7-3-1-4-8-16)13-19-20(17-9-5-2-6-10-17)25-22-26(19)11-12-28-22/h1-13H,15H2,(H,24,27)/b18-13+. The molecule has 2 aromatic heterocycles. The molecule has 4 aromatic rings. The minimum atomic E-state index is -0.407. The lowest BCUT2D eigenvalue weighted by molar-refractivity contribution is -0.117. The van der Waals surface area contributed by atoms with Gasteiger partial charge < -0.3 is 5.32 Å². The van der Waals surface area contributed by atoms with E-state index in [2.05, 4.69) is 10.3 Å². The Hall–Kier alpha value is -3.69. The summed E-state index contributed by atoms with van der Waals surface area (Å²) in [5, 5.41) is 14.3. The lowest BCUT2D eigenvalue weighted by Crippen LogP contribution is -2.24. The highest BCUT2D eigenvalue weighted by atomic mass is 32.1. The number of imidazole rings is 1. The molecule has 0 bridgehead atoms. The van der Waals surface area contributed by atoms with Crippen LogP contribution >= 0.6 is 11.3 Å². The number of hydrogen-bond donors (Lipinski definition) is 1. The Kier molecular flexibility index (Phi) is 5.00. The van der Waals surface area contributed by atoms with E-state index < -0.39 is 5.91 Å². The van der Waals surface area contributed by atoms with Crippen molar-refractivity contribution in [3.8, 4) is 17.3 Å². The van der Waals surface area contributed by atoms with Crippen LogP contribution in [0.1, 0.15) is 11.3 Å². The van der Waals surface area contributed by atoms with Crippen molar-refractivity contribution in [1.82, 2.24) is 14.7 Å². The van der Waals surface area contributed by atoms with Crippen LogP contribution in [0, 0.1) is 11.3 Å². The topological polar surface area (TPSA) is 70.2 Å². The van der Waals surface area contributed by atoms with Gasteiger partial charge in [0.05, 0.1) is 11.4 Å². The molecule has 2 heterocycles. The third-order valence-corrected chi connectivity index (χ3v) is 5.04. The number of nitriles is 1. The van der Waals surface area contributed by atoms with Crippen LogP contribution < -0.4 is 5.32 Å².